The van der Waals surface area contributed by atoms with Crippen molar-refractivity contribution in [3.63, 3.8) is 0 Å². The fourth-order valence-corrected chi connectivity index (χ4v) is 2.28. The van der Waals surface area contributed by atoms with Gasteiger partial charge in [0.2, 0.25) is 0 Å². The first-order valence-electron chi connectivity index (χ1n) is 7.47. The third kappa shape index (κ3) is 4.38. The molecule has 0 aromatic heterocycles. The van der Waals surface area contributed by atoms with Crippen molar-refractivity contribution in [2.45, 2.75) is 27.2 Å². The van der Waals surface area contributed by atoms with E-state index in [0.29, 0.717) is 19.6 Å². The highest BCUT2D eigenvalue weighted by molar-refractivity contribution is 5.97. The number of nitrogens with one attached hydrogen (secondary N) is 1. The van der Waals surface area contributed by atoms with Gasteiger partial charge in [-0.05, 0) is 17.5 Å². The molecule has 0 saturated heterocycles. The zero-order valence-corrected chi connectivity index (χ0v) is 13.3. The number of carbonyl (C=O) groups is 1. The molecule has 0 bridgehead atoms. The average molecular weight is 301 g/mol. The first-order valence-corrected chi connectivity index (χ1v) is 7.47. The van der Waals surface area contributed by atoms with Crippen molar-refractivity contribution in [1.82, 2.24) is 0 Å². The topological polar surface area (TPSA) is 58.6 Å². The van der Waals surface area contributed by atoms with Gasteiger partial charge in [0.25, 0.3) is 0 Å². The summed E-state index contributed by atoms with van der Waals surface area (Å²) in [5.41, 5.74) is 0.859. The average Bonchev–Trinajstić information content (AvgIpc) is 2.42. The van der Waals surface area contributed by atoms with Gasteiger partial charge in [-0.15, -0.1) is 0 Å². The maximum absolute atomic E-state index is 11.6. The van der Waals surface area contributed by atoms with Gasteiger partial charge in [-0.1, -0.05) is 45.0 Å². The molecule has 118 valence electrons. The number of hydrogen-bond donors (Lipinski definition) is 2. The minimum Gasteiger partial charge on any atom is -0.507 e. The Morgan fingerprint density at radius 2 is 1.82 bits per heavy atom. The van der Waals surface area contributed by atoms with E-state index in [9.17, 15) is 9.90 Å². The summed E-state index contributed by atoms with van der Waals surface area (Å²) in [7, 11) is 0. The Kier molecular flexibility index (Phi) is 4.91. The van der Waals surface area contributed by atoms with Gasteiger partial charge in [0.05, 0.1) is 6.42 Å². The number of aromatic hydroxyl groups is 1. The lowest BCUT2D eigenvalue weighted by Crippen LogP contribution is -2.18. The number of hydrogen-bond acceptors (Lipinski definition) is 4. The lowest BCUT2D eigenvalue weighted by molar-refractivity contribution is -0.145. The van der Waals surface area contributed by atoms with E-state index in [-0.39, 0.29) is 17.1 Å². The van der Waals surface area contributed by atoms with E-state index in [2.05, 4.69) is 5.32 Å². The van der Waals surface area contributed by atoms with Crippen LogP contribution < -0.4 is 5.32 Å². The first-order chi connectivity index (χ1) is 10.4. The molecule has 0 aliphatic rings. The van der Waals surface area contributed by atoms with Gasteiger partial charge in [-0.3, -0.25) is 4.79 Å². The van der Waals surface area contributed by atoms with Crippen LogP contribution in [0.2, 0.25) is 0 Å². The molecule has 0 saturated carbocycles. The van der Waals surface area contributed by atoms with E-state index >= 15 is 0 Å². The largest absolute Gasteiger partial charge is 0.507 e. The summed E-state index contributed by atoms with van der Waals surface area (Å²) in [5, 5.41) is 14.8. The third-order valence-corrected chi connectivity index (χ3v) is 3.25. The number of phenols is 1. The summed E-state index contributed by atoms with van der Waals surface area (Å²) in [6.45, 7) is 6.88. The van der Waals surface area contributed by atoms with Crippen LogP contribution in [0.5, 0.6) is 5.75 Å². The van der Waals surface area contributed by atoms with Crippen LogP contribution in [-0.2, 0) is 9.53 Å². The van der Waals surface area contributed by atoms with E-state index in [1.165, 1.54) is 0 Å². The highest BCUT2D eigenvalue weighted by atomic mass is 16.5. The van der Waals surface area contributed by atoms with Crippen LogP contribution in [0, 0.1) is 5.41 Å². The minimum absolute atomic E-state index is 0.0579. The summed E-state index contributed by atoms with van der Waals surface area (Å²) in [6, 6.07) is 11.1. The van der Waals surface area contributed by atoms with Crippen LogP contribution in [0.4, 0.5) is 5.69 Å². The lowest BCUT2D eigenvalue weighted by Gasteiger charge is -2.17. The Morgan fingerprint density at radius 1 is 1.14 bits per heavy atom. The summed E-state index contributed by atoms with van der Waals surface area (Å²) < 4.78 is 5.22. The van der Waals surface area contributed by atoms with Crippen molar-refractivity contribution in [3.8, 4) is 5.75 Å². The number of esters is 1. The van der Waals surface area contributed by atoms with Gasteiger partial charge < -0.3 is 15.2 Å². The van der Waals surface area contributed by atoms with E-state index in [1.54, 1.807) is 6.07 Å². The van der Waals surface area contributed by atoms with E-state index in [0.717, 1.165) is 16.5 Å². The summed E-state index contributed by atoms with van der Waals surface area (Å²) in [5.74, 6) is 0.0858. The first kappa shape index (κ1) is 16.1. The summed E-state index contributed by atoms with van der Waals surface area (Å²) in [6.07, 6.45) is 0.412. The summed E-state index contributed by atoms with van der Waals surface area (Å²) >= 11 is 0. The molecule has 0 spiro atoms. The Morgan fingerprint density at radius 3 is 2.55 bits per heavy atom. The quantitative estimate of drug-likeness (QED) is 0.649. The molecule has 0 amide bonds. The maximum atomic E-state index is 11.6. The standard InChI is InChI=1S/C18H23NO3/c1-18(2,3)12-17(21)22-11-10-19-15-8-4-7-14-13(15)6-5-9-16(14)20/h4-9,19-20H,10-12H2,1-3H3. The van der Waals surface area contributed by atoms with E-state index in [4.69, 9.17) is 4.74 Å². The Bertz CT molecular complexity index is 659. The molecule has 4 nitrogen and oxygen atoms in total. The molecule has 2 N–H and O–H groups in total. The molecule has 0 unspecified atom stereocenters. The number of anilines is 1. The van der Waals surface area contributed by atoms with Crippen molar-refractivity contribution in [3.05, 3.63) is 36.4 Å². The minimum atomic E-state index is -0.176. The van der Waals surface area contributed by atoms with Crippen molar-refractivity contribution in [2.75, 3.05) is 18.5 Å². The van der Waals surface area contributed by atoms with Crippen LogP contribution in [-0.4, -0.2) is 24.2 Å². The fraction of sp³-hybridized carbons (Fsp3) is 0.389. The highest BCUT2D eigenvalue weighted by Gasteiger charge is 2.16. The van der Waals surface area contributed by atoms with Crippen molar-refractivity contribution in [2.24, 2.45) is 5.41 Å². The Labute approximate surface area is 131 Å². The number of ether oxygens (including phenoxy) is 1. The molecule has 0 atom stereocenters. The van der Waals surface area contributed by atoms with Crippen LogP contribution in [0.1, 0.15) is 27.2 Å². The van der Waals surface area contributed by atoms with Gasteiger partial charge in [-0.2, -0.15) is 0 Å². The lowest BCUT2D eigenvalue weighted by atomic mass is 9.93. The van der Waals surface area contributed by atoms with Gasteiger partial charge in [0, 0.05) is 23.0 Å². The van der Waals surface area contributed by atoms with Crippen LogP contribution >= 0.6 is 0 Å². The van der Waals surface area contributed by atoms with Crippen molar-refractivity contribution < 1.29 is 14.6 Å². The second-order valence-electron chi connectivity index (χ2n) is 6.56. The zero-order chi connectivity index (χ0) is 16.2. The number of phenolic OH excluding ortho intramolecular Hbond substituents is 1. The molecule has 4 heteroatoms. The molecule has 0 heterocycles. The van der Waals surface area contributed by atoms with Gasteiger partial charge in [0.1, 0.15) is 12.4 Å². The maximum Gasteiger partial charge on any atom is 0.306 e. The molecule has 2 rings (SSSR count). The third-order valence-electron chi connectivity index (χ3n) is 3.25. The molecule has 0 aliphatic heterocycles. The van der Waals surface area contributed by atoms with Gasteiger partial charge in [0.15, 0.2) is 0 Å². The molecule has 2 aromatic rings. The number of rotatable bonds is 5. The molecule has 0 radical (unpaired) electrons. The molecule has 0 fully saturated rings. The second kappa shape index (κ2) is 6.69. The van der Waals surface area contributed by atoms with Crippen molar-refractivity contribution in [1.29, 1.82) is 0 Å². The van der Waals surface area contributed by atoms with Crippen LogP contribution in [0.25, 0.3) is 10.8 Å². The van der Waals surface area contributed by atoms with Crippen LogP contribution in [0.3, 0.4) is 0 Å². The SMILES string of the molecule is CC(C)(C)CC(=O)OCCNc1cccc2c(O)cccc12. The number of benzene rings is 2. The van der Waals surface area contributed by atoms with E-state index in [1.807, 2.05) is 51.1 Å². The number of carbonyl (C=O) groups excluding carboxylic acids is 1. The fourth-order valence-electron chi connectivity index (χ4n) is 2.28. The zero-order valence-electron chi connectivity index (χ0n) is 13.3. The molecule has 22 heavy (non-hydrogen) atoms. The van der Waals surface area contributed by atoms with Gasteiger partial charge >= 0.3 is 5.97 Å². The molecule has 0 aliphatic carbocycles. The van der Waals surface area contributed by atoms with Crippen molar-refractivity contribution >= 4 is 22.4 Å². The Balaban J connectivity index is 1.91. The second-order valence-corrected chi connectivity index (χ2v) is 6.56. The van der Waals surface area contributed by atoms with Crippen LogP contribution in [0.15, 0.2) is 36.4 Å². The smallest absolute Gasteiger partial charge is 0.306 e. The number of fused-ring (bicyclic) bond motifs is 1. The molecule has 2 aromatic carbocycles. The highest BCUT2D eigenvalue weighted by Crippen LogP contribution is 2.29. The summed E-state index contributed by atoms with van der Waals surface area (Å²) in [4.78, 5) is 11.6. The van der Waals surface area contributed by atoms with E-state index < -0.39 is 0 Å². The molecular formula is C18H23NO3. The molecular weight excluding hydrogens is 278 g/mol. The van der Waals surface area contributed by atoms with Gasteiger partial charge in [-0.25, -0.2) is 0 Å². The normalized spacial score (nSPS) is 11.4. The predicted molar refractivity (Wildman–Crippen MR) is 89.1 cm³/mol. The monoisotopic (exact) mass is 301 g/mol. The Hall–Kier alpha value is -2.23. The predicted octanol–water partition coefficient (Wildman–Crippen LogP) is 3.94.